The van der Waals surface area contributed by atoms with Crippen LogP contribution in [0.1, 0.15) is 24.2 Å². The predicted molar refractivity (Wildman–Crippen MR) is 68.9 cm³/mol. The number of thiocarbonyl (C=S) groups is 1. The van der Waals surface area contributed by atoms with E-state index in [1.165, 1.54) is 17.3 Å². The molecule has 1 unspecified atom stereocenters. The standard InChI is InChI=1S/C11H13NOS2/c1-2-10(15-11(14)12-8-13)9-6-4-3-5-7-9/h3-8,10H,2H2,1H3,(H,12,13,14). The zero-order valence-electron chi connectivity index (χ0n) is 8.47. The molecule has 0 heterocycles. The molecule has 0 spiro atoms. The Kier molecular flexibility index (Phi) is 5.36. The largest absolute Gasteiger partial charge is 0.314 e. The molecule has 0 aliphatic rings. The molecule has 1 aromatic carbocycles. The lowest BCUT2D eigenvalue weighted by Gasteiger charge is -2.14. The summed E-state index contributed by atoms with van der Waals surface area (Å²) in [6.45, 7) is 2.11. The normalized spacial score (nSPS) is 11.8. The molecule has 2 nitrogen and oxygen atoms in total. The van der Waals surface area contributed by atoms with Gasteiger partial charge in [0.2, 0.25) is 6.41 Å². The molecular formula is C11H13NOS2. The topological polar surface area (TPSA) is 29.1 Å². The molecule has 1 amide bonds. The minimum atomic E-state index is 0.311. The van der Waals surface area contributed by atoms with Crippen LogP contribution in [0.2, 0.25) is 0 Å². The van der Waals surface area contributed by atoms with Gasteiger partial charge in [-0.3, -0.25) is 4.79 Å². The van der Waals surface area contributed by atoms with Gasteiger partial charge in [-0.1, -0.05) is 61.2 Å². The first-order chi connectivity index (χ1) is 7.27. The highest BCUT2D eigenvalue weighted by Crippen LogP contribution is 2.31. The summed E-state index contributed by atoms with van der Waals surface area (Å²) in [6.07, 6.45) is 1.60. The Morgan fingerprint density at radius 2 is 2.20 bits per heavy atom. The maximum Gasteiger partial charge on any atom is 0.212 e. The van der Waals surface area contributed by atoms with Crippen molar-refractivity contribution in [1.82, 2.24) is 5.32 Å². The third-order valence-electron chi connectivity index (χ3n) is 1.97. The van der Waals surface area contributed by atoms with Crippen LogP contribution in [0, 0.1) is 0 Å². The Morgan fingerprint density at radius 3 is 2.73 bits per heavy atom. The van der Waals surface area contributed by atoms with E-state index in [9.17, 15) is 4.79 Å². The smallest absolute Gasteiger partial charge is 0.212 e. The number of rotatable bonds is 4. The monoisotopic (exact) mass is 239 g/mol. The number of hydrogen-bond donors (Lipinski definition) is 1. The van der Waals surface area contributed by atoms with E-state index in [1.54, 1.807) is 0 Å². The highest BCUT2D eigenvalue weighted by Gasteiger charge is 2.11. The van der Waals surface area contributed by atoms with Gasteiger partial charge in [-0.2, -0.15) is 0 Å². The van der Waals surface area contributed by atoms with Crippen molar-refractivity contribution in [3.05, 3.63) is 35.9 Å². The summed E-state index contributed by atoms with van der Waals surface area (Å²) in [6, 6.07) is 10.2. The fourth-order valence-corrected chi connectivity index (χ4v) is 2.50. The summed E-state index contributed by atoms with van der Waals surface area (Å²) in [5.41, 5.74) is 1.24. The van der Waals surface area contributed by atoms with Crippen molar-refractivity contribution in [1.29, 1.82) is 0 Å². The molecule has 0 bridgehead atoms. The second kappa shape index (κ2) is 6.58. The molecule has 15 heavy (non-hydrogen) atoms. The average Bonchev–Trinajstić information content (AvgIpc) is 2.27. The highest BCUT2D eigenvalue weighted by molar-refractivity contribution is 8.23. The molecule has 4 heteroatoms. The molecule has 1 rings (SSSR count). The van der Waals surface area contributed by atoms with Crippen molar-refractivity contribution in [3.63, 3.8) is 0 Å². The van der Waals surface area contributed by atoms with Crippen LogP contribution in [0.15, 0.2) is 30.3 Å². The Bertz CT molecular complexity index is 327. The van der Waals surface area contributed by atoms with E-state index in [1.807, 2.05) is 18.2 Å². The van der Waals surface area contributed by atoms with E-state index in [-0.39, 0.29) is 0 Å². The minimum absolute atomic E-state index is 0.311. The molecule has 1 N–H and O–H groups in total. The lowest BCUT2D eigenvalue weighted by atomic mass is 10.1. The van der Waals surface area contributed by atoms with E-state index in [0.717, 1.165) is 6.42 Å². The van der Waals surface area contributed by atoms with Crippen LogP contribution in [-0.4, -0.2) is 10.7 Å². The maximum atomic E-state index is 10.2. The van der Waals surface area contributed by atoms with Crippen molar-refractivity contribution < 1.29 is 4.79 Å². The van der Waals surface area contributed by atoms with Crippen molar-refractivity contribution >= 4 is 34.7 Å². The van der Waals surface area contributed by atoms with Crippen LogP contribution in [0.3, 0.4) is 0 Å². The van der Waals surface area contributed by atoms with Crippen molar-refractivity contribution in [2.24, 2.45) is 0 Å². The van der Waals surface area contributed by atoms with Gasteiger partial charge in [-0.15, -0.1) is 0 Å². The zero-order valence-corrected chi connectivity index (χ0v) is 10.1. The van der Waals surface area contributed by atoms with Crippen LogP contribution < -0.4 is 5.32 Å². The van der Waals surface area contributed by atoms with Gasteiger partial charge in [-0.05, 0) is 12.0 Å². The van der Waals surface area contributed by atoms with Crippen LogP contribution in [-0.2, 0) is 4.79 Å². The molecule has 0 aliphatic carbocycles. The first-order valence-electron chi connectivity index (χ1n) is 4.73. The molecule has 0 fully saturated rings. The number of carbonyl (C=O) groups is 1. The summed E-state index contributed by atoms with van der Waals surface area (Å²) >= 11 is 6.53. The summed E-state index contributed by atoms with van der Waals surface area (Å²) in [7, 11) is 0. The van der Waals surface area contributed by atoms with E-state index < -0.39 is 0 Å². The lowest BCUT2D eigenvalue weighted by molar-refractivity contribution is -0.108. The Morgan fingerprint density at radius 1 is 1.53 bits per heavy atom. The van der Waals surface area contributed by atoms with Gasteiger partial charge >= 0.3 is 0 Å². The Labute approximate surface area is 99.4 Å². The van der Waals surface area contributed by atoms with Gasteiger partial charge in [0, 0.05) is 5.25 Å². The molecule has 0 saturated heterocycles. The van der Waals surface area contributed by atoms with Crippen molar-refractivity contribution in [2.75, 3.05) is 0 Å². The third-order valence-corrected chi connectivity index (χ3v) is 3.60. The first kappa shape index (κ1) is 12.2. The van der Waals surface area contributed by atoms with E-state index in [2.05, 4.69) is 24.4 Å². The summed E-state index contributed by atoms with van der Waals surface area (Å²) < 4.78 is 0.528. The zero-order chi connectivity index (χ0) is 11.1. The van der Waals surface area contributed by atoms with E-state index in [4.69, 9.17) is 12.2 Å². The SMILES string of the molecule is CCC(SC(=S)NC=O)c1ccccc1. The molecule has 80 valence electrons. The molecule has 0 radical (unpaired) electrons. The van der Waals surface area contributed by atoms with Gasteiger partial charge in [0.1, 0.15) is 4.32 Å². The second-order valence-corrected chi connectivity index (χ2v) is 4.85. The van der Waals surface area contributed by atoms with Gasteiger partial charge in [0.15, 0.2) is 0 Å². The molecular weight excluding hydrogens is 226 g/mol. The average molecular weight is 239 g/mol. The molecule has 0 aromatic heterocycles. The van der Waals surface area contributed by atoms with Crippen LogP contribution >= 0.6 is 24.0 Å². The first-order valence-corrected chi connectivity index (χ1v) is 6.02. The summed E-state index contributed by atoms with van der Waals surface area (Å²) in [5, 5.41) is 2.81. The van der Waals surface area contributed by atoms with Gasteiger partial charge in [0.05, 0.1) is 0 Å². The van der Waals surface area contributed by atoms with Crippen LogP contribution in [0.4, 0.5) is 0 Å². The number of benzene rings is 1. The molecule has 0 aliphatic heterocycles. The number of nitrogens with one attached hydrogen (secondary N) is 1. The highest BCUT2D eigenvalue weighted by atomic mass is 32.2. The number of amides is 1. The van der Waals surface area contributed by atoms with E-state index >= 15 is 0 Å². The predicted octanol–water partition coefficient (Wildman–Crippen LogP) is 2.90. The fraction of sp³-hybridized carbons (Fsp3) is 0.273. The molecule has 1 aromatic rings. The van der Waals surface area contributed by atoms with Crippen LogP contribution in [0.25, 0.3) is 0 Å². The quantitative estimate of drug-likeness (QED) is 0.647. The lowest BCUT2D eigenvalue weighted by Crippen LogP contribution is -2.16. The van der Waals surface area contributed by atoms with Crippen molar-refractivity contribution in [3.8, 4) is 0 Å². The summed E-state index contributed by atoms with van der Waals surface area (Å²) in [5.74, 6) is 0. The van der Waals surface area contributed by atoms with Crippen molar-refractivity contribution in [2.45, 2.75) is 18.6 Å². The van der Waals surface area contributed by atoms with Gasteiger partial charge in [-0.25, -0.2) is 0 Å². The van der Waals surface area contributed by atoms with Crippen LogP contribution in [0.5, 0.6) is 0 Å². The Balaban J connectivity index is 2.64. The number of hydrogen-bond acceptors (Lipinski definition) is 3. The Hall–Kier alpha value is -0.870. The number of carbonyl (C=O) groups excluding carboxylic acids is 1. The van der Waals surface area contributed by atoms with Gasteiger partial charge in [0.25, 0.3) is 0 Å². The number of thioether (sulfide) groups is 1. The minimum Gasteiger partial charge on any atom is -0.314 e. The fourth-order valence-electron chi connectivity index (χ4n) is 1.27. The second-order valence-electron chi connectivity index (χ2n) is 2.98. The molecule has 1 atom stereocenters. The molecule has 0 saturated carbocycles. The summed E-state index contributed by atoms with van der Waals surface area (Å²) in [4.78, 5) is 10.2. The van der Waals surface area contributed by atoms with E-state index in [0.29, 0.717) is 16.0 Å². The maximum absolute atomic E-state index is 10.2. The third kappa shape index (κ3) is 4.01. The van der Waals surface area contributed by atoms with Gasteiger partial charge < -0.3 is 5.32 Å².